The SMILES string of the molecule is C=CC(=O)OC(CCCCCCCCCC)CCCCCCCCOC(=O)C(=C)C. The zero-order valence-corrected chi connectivity index (χ0v) is 19.7. The third-order valence-corrected chi connectivity index (χ3v) is 5.33. The summed E-state index contributed by atoms with van der Waals surface area (Å²) in [5.41, 5.74) is 0.452. The predicted octanol–water partition coefficient (Wildman–Crippen LogP) is 7.47. The lowest BCUT2D eigenvalue weighted by molar-refractivity contribution is -0.143. The number of carbonyl (C=O) groups is 2. The van der Waals surface area contributed by atoms with Crippen molar-refractivity contribution in [2.24, 2.45) is 0 Å². The lowest BCUT2D eigenvalue weighted by Crippen LogP contribution is -2.16. The van der Waals surface area contributed by atoms with Gasteiger partial charge >= 0.3 is 11.9 Å². The molecule has 0 aliphatic rings. The predicted molar refractivity (Wildman–Crippen MR) is 125 cm³/mol. The van der Waals surface area contributed by atoms with Gasteiger partial charge in [-0.15, -0.1) is 0 Å². The molecule has 4 nitrogen and oxygen atoms in total. The van der Waals surface area contributed by atoms with Crippen molar-refractivity contribution >= 4 is 11.9 Å². The van der Waals surface area contributed by atoms with Crippen LogP contribution in [-0.2, 0) is 19.1 Å². The third-order valence-electron chi connectivity index (χ3n) is 5.33. The van der Waals surface area contributed by atoms with E-state index < -0.39 is 0 Å². The molecule has 0 fully saturated rings. The summed E-state index contributed by atoms with van der Waals surface area (Å²) in [6, 6.07) is 0. The number of ether oxygens (including phenoxy) is 2. The highest BCUT2D eigenvalue weighted by molar-refractivity contribution is 5.86. The molecule has 0 N–H and O–H groups in total. The Morgan fingerprint density at radius 2 is 1.27 bits per heavy atom. The number of carbonyl (C=O) groups excluding carboxylic acids is 2. The fraction of sp³-hybridized carbons (Fsp3) is 0.769. The van der Waals surface area contributed by atoms with Crippen molar-refractivity contribution < 1.29 is 19.1 Å². The van der Waals surface area contributed by atoms with Crippen molar-refractivity contribution in [2.45, 2.75) is 123 Å². The number of rotatable bonds is 21. The van der Waals surface area contributed by atoms with Crippen LogP contribution in [0, 0.1) is 0 Å². The van der Waals surface area contributed by atoms with Crippen LogP contribution < -0.4 is 0 Å². The Hall–Kier alpha value is -1.58. The van der Waals surface area contributed by atoms with Gasteiger partial charge in [-0.3, -0.25) is 0 Å². The first-order valence-electron chi connectivity index (χ1n) is 12.2. The van der Waals surface area contributed by atoms with Crippen LogP contribution in [0.2, 0.25) is 0 Å². The Bertz CT molecular complexity index is 470. The third kappa shape index (κ3) is 18.4. The summed E-state index contributed by atoms with van der Waals surface area (Å²) in [6.45, 7) is 11.5. The normalized spacial score (nSPS) is 11.7. The molecule has 0 heterocycles. The first-order valence-corrected chi connectivity index (χ1v) is 12.2. The van der Waals surface area contributed by atoms with Crippen LogP contribution in [0.15, 0.2) is 24.8 Å². The van der Waals surface area contributed by atoms with Crippen molar-refractivity contribution in [3.63, 3.8) is 0 Å². The van der Waals surface area contributed by atoms with Crippen molar-refractivity contribution in [3.8, 4) is 0 Å². The van der Waals surface area contributed by atoms with Gasteiger partial charge in [0.1, 0.15) is 6.10 Å². The summed E-state index contributed by atoms with van der Waals surface area (Å²) in [5.74, 6) is -0.601. The summed E-state index contributed by atoms with van der Waals surface area (Å²) in [6.07, 6.45) is 20.0. The maximum absolute atomic E-state index is 11.6. The minimum Gasteiger partial charge on any atom is -0.462 e. The average Bonchev–Trinajstić information content (AvgIpc) is 2.73. The molecule has 1 atom stereocenters. The van der Waals surface area contributed by atoms with Crippen LogP contribution in [0.1, 0.15) is 117 Å². The number of esters is 2. The van der Waals surface area contributed by atoms with E-state index in [0.29, 0.717) is 12.2 Å². The molecule has 1 unspecified atom stereocenters. The highest BCUT2D eigenvalue weighted by Crippen LogP contribution is 2.17. The van der Waals surface area contributed by atoms with Crippen LogP contribution in [0.4, 0.5) is 0 Å². The zero-order chi connectivity index (χ0) is 22.5. The van der Waals surface area contributed by atoms with Crippen LogP contribution in [0.5, 0.6) is 0 Å². The van der Waals surface area contributed by atoms with E-state index in [1.807, 2.05) is 0 Å². The number of hydrogen-bond donors (Lipinski definition) is 0. The van der Waals surface area contributed by atoms with Gasteiger partial charge in [0, 0.05) is 11.6 Å². The van der Waals surface area contributed by atoms with Crippen molar-refractivity contribution in [2.75, 3.05) is 6.61 Å². The number of hydrogen-bond acceptors (Lipinski definition) is 4. The van der Waals surface area contributed by atoms with Crippen LogP contribution in [-0.4, -0.2) is 24.6 Å². The van der Waals surface area contributed by atoms with E-state index in [9.17, 15) is 9.59 Å². The van der Waals surface area contributed by atoms with Gasteiger partial charge in [0.25, 0.3) is 0 Å². The van der Waals surface area contributed by atoms with Gasteiger partial charge in [0.05, 0.1) is 6.61 Å². The Morgan fingerprint density at radius 1 is 0.800 bits per heavy atom. The molecular weight excluding hydrogens is 376 g/mol. The Morgan fingerprint density at radius 3 is 1.73 bits per heavy atom. The van der Waals surface area contributed by atoms with E-state index >= 15 is 0 Å². The van der Waals surface area contributed by atoms with E-state index in [1.165, 1.54) is 51.0 Å². The molecule has 0 rings (SSSR count). The largest absolute Gasteiger partial charge is 0.462 e. The quantitative estimate of drug-likeness (QED) is 0.109. The minimum absolute atomic E-state index is 0.0251. The second-order valence-electron chi connectivity index (χ2n) is 8.35. The van der Waals surface area contributed by atoms with Crippen molar-refractivity contribution in [1.29, 1.82) is 0 Å². The molecule has 0 bridgehead atoms. The summed E-state index contributed by atoms with van der Waals surface area (Å²) < 4.78 is 10.6. The Kier molecular flexibility index (Phi) is 19.6. The molecular formula is C26H46O4. The monoisotopic (exact) mass is 422 g/mol. The molecule has 0 spiro atoms. The molecule has 4 heteroatoms. The Labute approximate surface area is 185 Å². The molecule has 0 radical (unpaired) electrons. The van der Waals surface area contributed by atoms with Gasteiger partial charge in [-0.25, -0.2) is 9.59 Å². The summed E-state index contributed by atoms with van der Waals surface area (Å²) in [7, 11) is 0. The van der Waals surface area contributed by atoms with E-state index in [2.05, 4.69) is 20.1 Å². The highest BCUT2D eigenvalue weighted by Gasteiger charge is 2.12. The van der Waals surface area contributed by atoms with Gasteiger partial charge in [0.2, 0.25) is 0 Å². The van der Waals surface area contributed by atoms with Crippen LogP contribution >= 0.6 is 0 Å². The molecule has 174 valence electrons. The zero-order valence-electron chi connectivity index (χ0n) is 19.7. The van der Waals surface area contributed by atoms with Gasteiger partial charge in [-0.05, 0) is 39.0 Å². The van der Waals surface area contributed by atoms with Crippen molar-refractivity contribution in [1.82, 2.24) is 0 Å². The smallest absolute Gasteiger partial charge is 0.333 e. The van der Waals surface area contributed by atoms with Gasteiger partial charge in [0.15, 0.2) is 0 Å². The van der Waals surface area contributed by atoms with E-state index in [-0.39, 0.29) is 18.0 Å². The maximum atomic E-state index is 11.6. The molecule has 0 aromatic heterocycles. The summed E-state index contributed by atoms with van der Waals surface area (Å²) in [4.78, 5) is 22.9. The maximum Gasteiger partial charge on any atom is 0.333 e. The molecule has 0 aromatic rings. The molecule has 0 aromatic carbocycles. The summed E-state index contributed by atoms with van der Waals surface area (Å²) in [5, 5.41) is 0. The molecule has 0 amide bonds. The van der Waals surface area contributed by atoms with Crippen LogP contribution in [0.3, 0.4) is 0 Å². The van der Waals surface area contributed by atoms with Gasteiger partial charge < -0.3 is 9.47 Å². The topological polar surface area (TPSA) is 52.6 Å². The second kappa shape index (κ2) is 20.7. The first-order chi connectivity index (χ1) is 14.5. The molecule has 30 heavy (non-hydrogen) atoms. The molecule has 0 saturated heterocycles. The lowest BCUT2D eigenvalue weighted by atomic mass is 10.0. The van der Waals surface area contributed by atoms with Gasteiger partial charge in [-0.2, -0.15) is 0 Å². The second-order valence-corrected chi connectivity index (χ2v) is 8.35. The highest BCUT2D eigenvalue weighted by atomic mass is 16.5. The van der Waals surface area contributed by atoms with E-state index in [0.717, 1.165) is 57.8 Å². The summed E-state index contributed by atoms with van der Waals surface area (Å²) >= 11 is 0. The molecule has 0 saturated carbocycles. The van der Waals surface area contributed by atoms with Gasteiger partial charge in [-0.1, -0.05) is 90.7 Å². The number of unbranched alkanes of at least 4 members (excludes halogenated alkanes) is 12. The minimum atomic E-state index is -0.302. The van der Waals surface area contributed by atoms with Crippen molar-refractivity contribution in [3.05, 3.63) is 24.8 Å². The fourth-order valence-corrected chi connectivity index (χ4v) is 3.45. The standard InChI is InChI=1S/C26H46O4/c1-5-7-8-9-10-11-14-17-20-24(30-25(27)6-2)21-18-15-12-13-16-19-22-29-26(28)23(3)4/h6,24H,2-3,5,7-22H2,1,4H3. The van der Waals surface area contributed by atoms with E-state index in [4.69, 9.17) is 9.47 Å². The Balaban J connectivity index is 3.77. The molecule has 0 aliphatic carbocycles. The molecule has 0 aliphatic heterocycles. The first kappa shape index (κ1) is 28.4. The van der Waals surface area contributed by atoms with E-state index in [1.54, 1.807) is 6.92 Å². The average molecular weight is 423 g/mol. The van der Waals surface area contributed by atoms with Crippen LogP contribution in [0.25, 0.3) is 0 Å². The lowest BCUT2D eigenvalue weighted by Gasteiger charge is -2.17. The fourth-order valence-electron chi connectivity index (χ4n) is 3.45.